The third-order valence-corrected chi connectivity index (χ3v) is 10.7. The van der Waals surface area contributed by atoms with Crippen LogP contribution in [0.4, 0.5) is 0 Å². The first kappa shape index (κ1) is 53.2. The number of nitrogens with zero attached hydrogens (tertiary/aromatic N) is 1. The molecule has 0 radical (unpaired) electrons. The van der Waals surface area contributed by atoms with E-state index >= 15 is 0 Å². The van der Waals surface area contributed by atoms with Gasteiger partial charge in [0.2, 0.25) is 0 Å². The number of carbonyl (C=O) groups is 2. The average molecular weight is 836 g/mol. The van der Waals surface area contributed by atoms with E-state index in [-0.39, 0.29) is 32.2 Å². The van der Waals surface area contributed by atoms with Gasteiger partial charge in [-0.1, -0.05) is 88.1 Å². The molecule has 1 heterocycles. The zero-order chi connectivity index (χ0) is 43.1. The fourth-order valence-corrected chi connectivity index (χ4v) is 6.58. The Morgan fingerprint density at radius 1 is 0.741 bits per heavy atom. The van der Waals surface area contributed by atoms with Gasteiger partial charge in [-0.2, -0.15) is 0 Å². The summed E-state index contributed by atoms with van der Waals surface area (Å²) < 4.78 is 39.9. The summed E-state index contributed by atoms with van der Waals surface area (Å²) in [5, 5.41) is 9.57. The number of ether oxygens (including phenoxy) is 2. The zero-order valence-electron chi connectivity index (χ0n) is 37.1. The first-order valence-corrected chi connectivity index (χ1v) is 23.2. The minimum atomic E-state index is -4.66. The third kappa shape index (κ3) is 28.6. The van der Waals surface area contributed by atoms with Crippen molar-refractivity contribution in [2.75, 3.05) is 47.5 Å². The lowest BCUT2D eigenvalue weighted by Gasteiger charge is -2.28. The highest BCUT2D eigenvalue weighted by Gasteiger charge is 2.22. The number of aliphatic hydroxyl groups excluding tert-OH is 1. The fraction of sp³-hybridized carbons (Fsp3) is 0.696. The van der Waals surface area contributed by atoms with E-state index in [4.69, 9.17) is 22.9 Å². The number of aliphatic hydroxyl groups is 1. The number of phosphoric acid groups is 1. The Labute approximate surface area is 351 Å². The summed E-state index contributed by atoms with van der Waals surface area (Å²) in [6.07, 6.45) is 30.9. The molecule has 1 unspecified atom stereocenters. The van der Waals surface area contributed by atoms with Crippen molar-refractivity contribution in [2.45, 2.75) is 162 Å². The Bertz CT molecular complexity index is 1420. The maximum absolute atomic E-state index is 12.7. The Kier molecular flexibility index (Phi) is 29.4. The summed E-state index contributed by atoms with van der Waals surface area (Å²) in [6.45, 7) is 8.01. The van der Waals surface area contributed by atoms with Gasteiger partial charge in [0.1, 0.15) is 31.3 Å². The predicted molar refractivity (Wildman–Crippen MR) is 231 cm³/mol. The van der Waals surface area contributed by atoms with Crippen molar-refractivity contribution < 1.29 is 51.6 Å². The molecule has 332 valence electrons. The quantitative estimate of drug-likeness (QED) is 0.0231. The maximum Gasteiger partial charge on any atom is 0.306 e. The second-order valence-electron chi connectivity index (χ2n) is 16.1. The Morgan fingerprint density at radius 2 is 1.29 bits per heavy atom. The van der Waals surface area contributed by atoms with E-state index in [0.717, 1.165) is 101 Å². The van der Waals surface area contributed by atoms with Gasteiger partial charge in [-0.05, 0) is 95.6 Å². The zero-order valence-corrected chi connectivity index (χ0v) is 37.9. The molecule has 12 heteroatoms. The lowest BCUT2D eigenvalue weighted by molar-refractivity contribution is -0.870. The molecule has 0 fully saturated rings. The third-order valence-electron chi connectivity index (χ3n) is 9.69. The predicted octanol–water partition coefficient (Wildman–Crippen LogP) is 9.90. The molecular weight excluding hydrogens is 757 g/mol. The van der Waals surface area contributed by atoms with Gasteiger partial charge in [0.15, 0.2) is 6.10 Å². The van der Waals surface area contributed by atoms with Crippen molar-refractivity contribution in [1.82, 2.24) is 0 Å². The Hall–Kier alpha value is -2.79. The van der Waals surface area contributed by atoms with Crippen LogP contribution in [0.2, 0.25) is 0 Å². The molecule has 0 saturated carbocycles. The number of quaternary nitrogens is 1. The Morgan fingerprint density at radius 3 is 1.90 bits per heavy atom. The summed E-state index contributed by atoms with van der Waals surface area (Å²) in [6, 6.07) is 0. The van der Waals surface area contributed by atoms with Crippen LogP contribution in [0.3, 0.4) is 0 Å². The molecule has 0 saturated heterocycles. The molecule has 58 heavy (non-hydrogen) atoms. The summed E-state index contributed by atoms with van der Waals surface area (Å²) in [5.41, 5.74) is 2.56. The summed E-state index contributed by atoms with van der Waals surface area (Å²) in [7, 11) is 1.07. The second kappa shape index (κ2) is 32.0. The molecule has 0 spiro atoms. The molecular formula is C46H78NO10P. The molecule has 1 N–H and O–H groups in total. The van der Waals surface area contributed by atoms with E-state index in [0.29, 0.717) is 30.3 Å². The van der Waals surface area contributed by atoms with E-state index in [1.54, 1.807) is 0 Å². The molecule has 0 aliphatic carbocycles. The monoisotopic (exact) mass is 836 g/mol. The Balaban J connectivity index is 2.41. The number of hydrogen-bond donors (Lipinski definition) is 1. The minimum absolute atomic E-state index is 0.0575. The van der Waals surface area contributed by atoms with Crippen molar-refractivity contribution in [2.24, 2.45) is 0 Å². The highest BCUT2D eigenvalue weighted by atomic mass is 31.2. The average Bonchev–Trinajstić information content (AvgIpc) is 3.43. The molecule has 3 atom stereocenters. The van der Waals surface area contributed by atoms with Crippen LogP contribution >= 0.6 is 7.82 Å². The van der Waals surface area contributed by atoms with Gasteiger partial charge in [0.05, 0.1) is 33.9 Å². The number of allylic oxidation sites excluding steroid dienone is 8. The number of phosphoric ester groups is 1. The number of aryl methyl sites for hydroxylation is 2. The van der Waals surface area contributed by atoms with Crippen LogP contribution in [0.25, 0.3) is 0 Å². The van der Waals surface area contributed by atoms with Crippen LogP contribution in [0.15, 0.2) is 53.0 Å². The van der Waals surface area contributed by atoms with Gasteiger partial charge < -0.3 is 37.4 Å². The molecule has 0 amide bonds. The molecule has 1 rings (SSSR count). The van der Waals surface area contributed by atoms with Crippen LogP contribution in [0, 0.1) is 13.8 Å². The topological polar surface area (TPSA) is 145 Å². The van der Waals surface area contributed by atoms with Crippen molar-refractivity contribution in [3.8, 4) is 0 Å². The molecule has 11 nitrogen and oxygen atoms in total. The van der Waals surface area contributed by atoms with Crippen LogP contribution in [0.1, 0.15) is 146 Å². The van der Waals surface area contributed by atoms with E-state index in [1.807, 2.05) is 40.2 Å². The van der Waals surface area contributed by atoms with Gasteiger partial charge in [-0.15, -0.1) is 0 Å². The fourth-order valence-electron chi connectivity index (χ4n) is 5.85. The van der Waals surface area contributed by atoms with E-state index < -0.39 is 32.5 Å². The van der Waals surface area contributed by atoms with Gasteiger partial charge in [0.25, 0.3) is 7.82 Å². The lowest BCUT2D eigenvalue weighted by Crippen LogP contribution is -2.37. The highest BCUT2D eigenvalue weighted by Crippen LogP contribution is 2.38. The van der Waals surface area contributed by atoms with Gasteiger partial charge in [0, 0.05) is 25.7 Å². The number of furan rings is 1. The minimum Gasteiger partial charge on any atom is -0.756 e. The number of unbranched alkanes of at least 4 members (excludes halogenated alkanes) is 6. The van der Waals surface area contributed by atoms with Gasteiger partial charge >= 0.3 is 11.9 Å². The summed E-state index contributed by atoms with van der Waals surface area (Å²) in [5.74, 6) is 1.27. The number of carbonyl (C=O) groups excluding carboxylic acids is 2. The number of likely N-dealkylation sites (N-methyl/N-ethyl adjacent to an activating group) is 1. The number of esters is 2. The smallest absolute Gasteiger partial charge is 0.306 e. The van der Waals surface area contributed by atoms with Crippen LogP contribution < -0.4 is 4.89 Å². The summed E-state index contributed by atoms with van der Waals surface area (Å²) >= 11 is 0. The van der Waals surface area contributed by atoms with Crippen molar-refractivity contribution in [1.29, 1.82) is 0 Å². The van der Waals surface area contributed by atoms with Crippen LogP contribution in [0.5, 0.6) is 0 Å². The highest BCUT2D eigenvalue weighted by molar-refractivity contribution is 7.45. The number of rotatable bonds is 35. The van der Waals surface area contributed by atoms with Crippen molar-refractivity contribution in [3.63, 3.8) is 0 Å². The largest absolute Gasteiger partial charge is 0.756 e. The van der Waals surface area contributed by atoms with Gasteiger partial charge in [-0.3, -0.25) is 14.2 Å². The standard InChI is InChI=1S/C46H78NO10P/c1-8-30-43-39(3)40(4)44(57-43)32-27-23-20-21-24-28-33-45(49)53-37-42(38-55-58(51,52)54-36-35-47(5,6)7)56-46(50)34-29-25-19-17-15-13-11-10-12-14-16-18-22-26-31-41(48)9-2/h11-14,17-19,22,41-42,48H,8-10,15-16,20-21,23-38H2,1-7H3/b13-11-,14-12-,19-17-,22-18-/t41-,42-/m1/s1. The molecule has 0 aliphatic rings. The van der Waals surface area contributed by atoms with Crippen LogP contribution in [-0.4, -0.2) is 81.2 Å². The molecule has 0 bridgehead atoms. The molecule has 1 aromatic heterocycles. The molecule has 0 aromatic carbocycles. The van der Waals surface area contributed by atoms with E-state index in [9.17, 15) is 24.2 Å². The number of hydrogen-bond acceptors (Lipinski definition) is 10. The SMILES string of the molecule is CCCc1oc(CCCCCCCCC(=O)OC[C@H](COP(=O)([O-])OCC[N+](C)(C)C)OC(=O)CCC/C=C\C/C=C\C/C=C\C/C=C\CC[C@H](O)CC)c(C)c1C. The first-order valence-electron chi connectivity index (χ1n) is 21.8. The van der Waals surface area contributed by atoms with E-state index in [2.05, 4.69) is 57.2 Å². The van der Waals surface area contributed by atoms with Crippen molar-refractivity contribution >= 4 is 19.8 Å². The first-order chi connectivity index (χ1) is 27.7. The van der Waals surface area contributed by atoms with Gasteiger partial charge in [-0.25, -0.2) is 0 Å². The molecule has 0 aliphatic heterocycles. The van der Waals surface area contributed by atoms with E-state index in [1.165, 1.54) is 11.1 Å². The second-order valence-corrected chi connectivity index (χ2v) is 17.5. The van der Waals surface area contributed by atoms with Crippen LogP contribution in [-0.2, 0) is 45.5 Å². The lowest BCUT2D eigenvalue weighted by atomic mass is 10.0. The molecule has 1 aromatic rings. The maximum atomic E-state index is 12.7. The summed E-state index contributed by atoms with van der Waals surface area (Å²) in [4.78, 5) is 37.6. The normalized spacial score (nSPS) is 14.6. The van der Waals surface area contributed by atoms with Crippen molar-refractivity contribution in [3.05, 3.63) is 71.3 Å².